The van der Waals surface area contributed by atoms with Gasteiger partial charge < -0.3 is 4.90 Å². The van der Waals surface area contributed by atoms with E-state index in [0.717, 1.165) is 12.2 Å². The SMILES string of the molecule is CC(=O)N(CC1CCC1)c1ccccc1. The van der Waals surface area contributed by atoms with Crippen molar-refractivity contribution in [2.24, 2.45) is 5.92 Å². The maximum atomic E-state index is 11.5. The van der Waals surface area contributed by atoms with E-state index in [1.54, 1.807) is 6.92 Å². The fourth-order valence-corrected chi connectivity index (χ4v) is 1.96. The van der Waals surface area contributed by atoms with Crippen LogP contribution in [0.25, 0.3) is 0 Å². The molecule has 15 heavy (non-hydrogen) atoms. The molecule has 1 fully saturated rings. The van der Waals surface area contributed by atoms with Crippen LogP contribution in [0.4, 0.5) is 5.69 Å². The van der Waals surface area contributed by atoms with E-state index in [1.807, 2.05) is 35.2 Å². The van der Waals surface area contributed by atoms with E-state index in [-0.39, 0.29) is 5.91 Å². The fourth-order valence-electron chi connectivity index (χ4n) is 1.96. The lowest BCUT2D eigenvalue weighted by Crippen LogP contribution is -2.35. The van der Waals surface area contributed by atoms with Crippen LogP contribution in [-0.4, -0.2) is 12.5 Å². The Balaban J connectivity index is 2.08. The van der Waals surface area contributed by atoms with Gasteiger partial charge in [0.15, 0.2) is 0 Å². The number of hydrogen-bond acceptors (Lipinski definition) is 1. The monoisotopic (exact) mass is 203 g/mol. The number of rotatable bonds is 3. The smallest absolute Gasteiger partial charge is 0.223 e. The zero-order chi connectivity index (χ0) is 10.7. The Bertz CT molecular complexity index is 330. The number of benzene rings is 1. The van der Waals surface area contributed by atoms with Crippen LogP contribution in [0.2, 0.25) is 0 Å². The summed E-state index contributed by atoms with van der Waals surface area (Å²) in [5.74, 6) is 0.863. The first-order valence-electron chi connectivity index (χ1n) is 5.60. The predicted molar refractivity (Wildman–Crippen MR) is 61.8 cm³/mol. The number of anilines is 1. The van der Waals surface area contributed by atoms with Crippen molar-refractivity contribution in [1.82, 2.24) is 0 Å². The average Bonchev–Trinajstić information content (AvgIpc) is 2.17. The Labute approximate surface area is 90.9 Å². The molecule has 1 amide bonds. The molecule has 0 bridgehead atoms. The molecule has 1 aromatic carbocycles. The van der Waals surface area contributed by atoms with Crippen molar-refractivity contribution in [3.63, 3.8) is 0 Å². The van der Waals surface area contributed by atoms with Gasteiger partial charge in [-0.3, -0.25) is 4.79 Å². The molecule has 0 aromatic heterocycles. The van der Waals surface area contributed by atoms with Gasteiger partial charge in [-0.15, -0.1) is 0 Å². The summed E-state index contributed by atoms with van der Waals surface area (Å²) in [5, 5.41) is 0. The third kappa shape index (κ3) is 2.38. The van der Waals surface area contributed by atoms with Crippen LogP contribution in [0.15, 0.2) is 30.3 Å². The molecule has 1 aromatic rings. The molecule has 0 N–H and O–H groups in total. The van der Waals surface area contributed by atoms with Crippen LogP contribution in [-0.2, 0) is 4.79 Å². The van der Waals surface area contributed by atoms with Crippen LogP contribution in [0.3, 0.4) is 0 Å². The lowest BCUT2D eigenvalue weighted by molar-refractivity contribution is -0.116. The van der Waals surface area contributed by atoms with Gasteiger partial charge in [-0.05, 0) is 30.9 Å². The summed E-state index contributed by atoms with van der Waals surface area (Å²) in [7, 11) is 0. The second-order valence-corrected chi connectivity index (χ2v) is 4.26. The lowest BCUT2D eigenvalue weighted by Gasteiger charge is -2.31. The zero-order valence-corrected chi connectivity index (χ0v) is 9.15. The third-order valence-corrected chi connectivity index (χ3v) is 3.11. The quantitative estimate of drug-likeness (QED) is 0.739. The van der Waals surface area contributed by atoms with E-state index < -0.39 is 0 Å². The van der Waals surface area contributed by atoms with Gasteiger partial charge in [-0.25, -0.2) is 0 Å². The normalized spacial score (nSPS) is 15.8. The highest BCUT2D eigenvalue weighted by Crippen LogP contribution is 2.28. The Morgan fingerprint density at radius 2 is 2.00 bits per heavy atom. The number of carbonyl (C=O) groups is 1. The molecular formula is C13H17NO. The van der Waals surface area contributed by atoms with Crippen molar-refractivity contribution in [2.45, 2.75) is 26.2 Å². The van der Waals surface area contributed by atoms with Crippen LogP contribution in [0.1, 0.15) is 26.2 Å². The largest absolute Gasteiger partial charge is 0.312 e. The van der Waals surface area contributed by atoms with E-state index in [2.05, 4.69) is 0 Å². The van der Waals surface area contributed by atoms with Gasteiger partial charge in [-0.2, -0.15) is 0 Å². The maximum Gasteiger partial charge on any atom is 0.223 e. The molecule has 1 aliphatic rings. The summed E-state index contributed by atoms with van der Waals surface area (Å²) in [6.45, 7) is 2.53. The van der Waals surface area contributed by atoms with Crippen molar-refractivity contribution >= 4 is 11.6 Å². The Morgan fingerprint density at radius 3 is 2.47 bits per heavy atom. The molecule has 0 saturated heterocycles. The minimum atomic E-state index is 0.146. The molecule has 0 heterocycles. The number of nitrogens with zero attached hydrogens (tertiary/aromatic N) is 1. The highest BCUT2D eigenvalue weighted by atomic mass is 16.2. The van der Waals surface area contributed by atoms with Gasteiger partial charge in [0.1, 0.15) is 0 Å². The average molecular weight is 203 g/mol. The van der Waals surface area contributed by atoms with Crippen molar-refractivity contribution in [1.29, 1.82) is 0 Å². The first kappa shape index (κ1) is 10.2. The molecule has 1 saturated carbocycles. The number of amides is 1. The summed E-state index contributed by atoms with van der Waals surface area (Å²) < 4.78 is 0. The van der Waals surface area contributed by atoms with Crippen molar-refractivity contribution in [3.8, 4) is 0 Å². The second-order valence-electron chi connectivity index (χ2n) is 4.26. The Hall–Kier alpha value is -1.31. The minimum absolute atomic E-state index is 0.146. The van der Waals surface area contributed by atoms with Crippen molar-refractivity contribution < 1.29 is 4.79 Å². The number of para-hydroxylation sites is 1. The highest BCUT2D eigenvalue weighted by molar-refractivity contribution is 5.91. The minimum Gasteiger partial charge on any atom is -0.312 e. The predicted octanol–water partition coefficient (Wildman–Crippen LogP) is 2.84. The first-order valence-corrected chi connectivity index (χ1v) is 5.60. The standard InChI is InChI=1S/C13H17NO/c1-11(15)14(10-12-6-5-7-12)13-8-3-2-4-9-13/h2-4,8-9,12H,5-7,10H2,1H3. The molecule has 0 atom stereocenters. The van der Waals surface area contributed by atoms with E-state index in [0.29, 0.717) is 5.92 Å². The fraction of sp³-hybridized carbons (Fsp3) is 0.462. The number of carbonyl (C=O) groups excluding carboxylic acids is 1. The van der Waals surface area contributed by atoms with E-state index in [4.69, 9.17) is 0 Å². The lowest BCUT2D eigenvalue weighted by atomic mass is 9.85. The molecule has 0 spiro atoms. The first-order chi connectivity index (χ1) is 7.27. The van der Waals surface area contributed by atoms with E-state index in [9.17, 15) is 4.79 Å². The molecule has 0 radical (unpaired) electrons. The maximum absolute atomic E-state index is 11.5. The Kier molecular flexibility index (Phi) is 3.05. The summed E-state index contributed by atoms with van der Waals surface area (Å²) in [6, 6.07) is 9.93. The second kappa shape index (κ2) is 4.47. The van der Waals surface area contributed by atoms with E-state index in [1.165, 1.54) is 19.3 Å². The molecule has 2 heteroatoms. The summed E-state index contributed by atoms with van der Waals surface area (Å²) in [5.41, 5.74) is 1.02. The van der Waals surface area contributed by atoms with Gasteiger partial charge in [0.25, 0.3) is 0 Å². The number of hydrogen-bond donors (Lipinski definition) is 0. The summed E-state index contributed by atoms with van der Waals surface area (Å²) in [4.78, 5) is 13.4. The van der Waals surface area contributed by atoms with Gasteiger partial charge in [-0.1, -0.05) is 24.6 Å². The Morgan fingerprint density at radius 1 is 1.33 bits per heavy atom. The van der Waals surface area contributed by atoms with Gasteiger partial charge in [0.2, 0.25) is 5.91 Å². The molecule has 80 valence electrons. The van der Waals surface area contributed by atoms with Crippen LogP contribution < -0.4 is 4.90 Å². The molecule has 0 unspecified atom stereocenters. The van der Waals surface area contributed by atoms with Crippen LogP contribution >= 0.6 is 0 Å². The van der Waals surface area contributed by atoms with Gasteiger partial charge in [0.05, 0.1) is 0 Å². The van der Waals surface area contributed by atoms with Crippen molar-refractivity contribution in [2.75, 3.05) is 11.4 Å². The summed E-state index contributed by atoms with van der Waals surface area (Å²) >= 11 is 0. The molecule has 0 aliphatic heterocycles. The van der Waals surface area contributed by atoms with Gasteiger partial charge in [0, 0.05) is 19.2 Å². The van der Waals surface area contributed by atoms with Crippen LogP contribution in [0.5, 0.6) is 0 Å². The zero-order valence-electron chi connectivity index (χ0n) is 9.15. The van der Waals surface area contributed by atoms with Crippen molar-refractivity contribution in [3.05, 3.63) is 30.3 Å². The topological polar surface area (TPSA) is 20.3 Å². The molecule has 2 nitrogen and oxygen atoms in total. The third-order valence-electron chi connectivity index (χ3n) is 3.11. The summed E-state index contributed by atoms with van der Waals surface area (Å²) in [6.07, 6.45) is 3.87. The molecule has 2 rings (SSSR count). The highest BCUT2D eigenvalue weighted by Gasteiger charge is 2.22. The van der Waals surface area contributed by atoms with E-state index >= 15 is 0 Å². The molecular weight excluding hydrogens is 186 g/mol. The molecule has 1 aliphatic carbocycles. The van der Waals surface area contributed by atoms with Gasteiger partial charge >= 0.3 is 0 Å². The van der Waals surface area contributed by atoms with Crippen LogP contribution in [0, 0.1) is 5.92 Å².